The normalized spacial score (nSPS) is 18.4. The summed E-state index contributed by atoms with van der Waals surface area (Å²) < 4.78 is 5.35. The van der Waals surface area contributed by atoms with E-state index in [-0.39, 0.29) is 0 Å². The molecule has 3 rings (SSSR count). The van der Waals surface area contributed by atoms with Crippen molar-refractivity contribution in [2.75, 3.05) is 26.7 Å². The third-order valence-corrected chi connectivity index (χ3v) is 4.70. The number of furan rings is 1. The molecular weight excluding hydrogens is 312 g/mol. The Labute approximate surface area is 150 Å². The van der Waals surface area contributed by atoms with Crippen LogP contribution in [0.3, 0.4) is 0 Å². The molecule has 0 amide bonds. The van der Waals surface area contributed by atoms with Crippen LogP contribution in [-0.4, -0.2) is 43.6 Å². The van der Waals surface area contributed by atoms with Crippen molar-refractivity contribution < 1.29 is 4.42 Å². The molecule has 1 aromatic heterocycles. The summed E-state index contributed by atoms with van der Waals surface area (Å²) >= 11 is 0. The first kappa shape index (κ1) is 17.5. The molecule has 1 fully saturated rings. The highest BCUT2D eigenvalue weighted by Gasteiger charge is 2.24. The van der Waals surface area contributed by atoms with E-state index < -0.39 is 0 Å². The van der Waals surface area contributed by atoms with Crippen LogP contribution < -0.4 is 10.6 Å². The molecule has 1 aliphatic heterocycles. The monoisotopic (exact) mass is 340 g/mol. The maximum atomic E-state index is 5.35. The van der Waals surface area contributed by atoms with Crippen LogP contribution in [0.5, 0.6) is 0 Å². The zero-order valence-corrected chi connectivity index (χ0v) is 14.9. The van der Waals surface area contributed by atoms with Gasteiger partial charge in [0.2, 0.25) is 0 Å². The first-order chi connectivity index (χ1) is 12.3. The minimum atomic E-state index is 0.559. The minimum absolute atomic E-state index is 0.559. The number of likely N-dealkylation sites (tertiary alicyclic amines) is 1. The van der Waals surface area contributed by atoms with Crippen molar-refractivity contribution >= 4 is 5.96 Å². The molecule has 0 spiro atoms. The van der Waals surface area contributed by atoms with Gasteiger partial charge in [-0.05, 0) is 37.1 Å². The lowest BCUT2D eigenvalue weighted by molar-refractivity contribution is 0.245. The third kappa shape index (κ3) is 5.36. The zero-order chi connectivity index (χ0) is 17.3. The average Bonchev–Trinajstić information content (AvgIpc) is 3.31. The third-order valence-electron chi connectivity index (χ3n) is 4.70. The first-order valence-electron chi connectivity index (χ1n) is 9.10. The first-order valence-corrected chi connectivity index (χ1v) is 9.10. The summed E-state index contributed by atoms with van der Waals surface area (Å²) in [5.74, 6) is 1.85. The number of aliphatic imine (C=N–C) groups is 1. The Bertz CT molecular complexity index is 639. The van der Waals surface area contributed by atoms with Crippen molar-refractivity contribution in [1.82, 2.24) is 15.5 Å². The van der Waals surface area contributed by atoms with E-state index in [4.69, 9.17) is 4.42 Å². The van der Waals surface area contributed by atoms with Crippen molar-refractivity contribution in [1.29, 1.82) is 0 Å². The predicted octanol–water partition coefficient (Wildman–Crippen LogP) is 2.65. The fourth-order valence-corrected chi connectivity index (χ4v) is 3.35. The molecule has 0 saturated carbocycles. The molecule has 1 saturated heterocycles. The molecule has 1 unspecified atom stereocenters. The molecule has 2 N–H and O–H groups in total. The molecule has 134 valence electrons. The molecular formula is C20H28N4O. The summed E-state index contributed by atoms with van der Waals surface area (Å²) in [6, 6.07) is 15.2. The summed E-state index contributed by atoms with van der Waals surface area (Å²) in [5, 5.41) is 6.83. The lowest BCUT2D eigenvalue weighted by atomic mass is 10.2. The Hall–Kier alpha value is -2.27. The summed E-state index contributed by atoms with van der Waals surface area (Å²) in [7, 11) is 1.82. The van der Waals surface area contributed by atoms with Crippen molar-refractivity contribution in [3.63, 3.8) is 0 Å². The number of nitrogens with zero attached hydrogens (tertiary/aromatic N) is 2. The second-order valence-electron chi connectivity index (χ2n) is 6.46. The van der Waals surface area contributed by atoms with E-state index in [1.807, 2.05) is 19.2 Å². The van der Waals surface area contributed by atoms with E-state index in [9.17, 15) is 0 Å². The van der Waals surface area contributed by atoms with Crippen LogP contribution >= 0.6 is 0 Å². The fourth-order valence-electron chi connectivity index (χ4n) is 3.35. The standard InChI is InChI=1S/C20H28N4O/c1-21-20(22-12-11-19-10-6-14-25-19)23-15-18-9-5-13-24(18)16-17-7-3-2-4-8-17/h2-4,6-8,10,14,18H,5,9,11-13,15-16H2,1H3,(H2,21,22,23). The number of guanidine groups is 1. The van der Waals surface area contributed by atoms with Crippen molar-refractivity contribution in [3.05, 3.63) is 60.1 Å². The number of rotatable bonds is 7. The molecule has 5 heteroatoms. The SMILES string of the molecule is CN=C(NCCc1ccco1)NCC1CCCN1Cc1ccccc1. The predicted molar refractivity (Wildman–Crippen MR) is 102 cm³/mol. The van der Waals surface area contributed by atoms with E-state index >= 15 is 0 Å². The van der Waals surface area contributed by atoms with Gasteiger partial charge in [0.25, 0.3) is 0 Å². The van der Waals surface area contributed by atoms with Crippen molar-refractivity contribution in [3.8, 4) is 0 Å². The molecule has 0 radical (unpaired) electrons. The highest BCUT2D eigenvalue weighted by molar-refractivity contribution is 5.79. The number of hydrogen-bond acceptors (Lipinski definition) is 3. The van der Waals surface area contributed by atoms with Crippen LogP contribution in [-0.2, 0) is 13.0 Å². The zero-order valence-electron chi connectivity index (χ0n) is 14.9. The molecule has 1 aliphatic rings. The maximum Gasteiger partial charge on any atom is 0.191 e. The number of benzene rings is 1. The highest BCUT2D eigenvalue weighted by Crippen LogP contribution is 2.19. The van der Waals surface area contributed by atoms with Crippen LogP contribution in [0.15, 0.2) is 58.1 Å². The smallest absolute Gasteiger partial charge is 0.191 e. The van der Waals surface area contributed by atoms with Gasteiger partial charge in [-0.3, -0.25) is 9.89 Å². The molecule has 2 heterocycles. The maximum absolute atomic E-state index is 5.35. The Morgan fingerprint density at radius 3 is 2.84 bits per heavy atom. The Balaban J connectivity index is 1.42. The van der Waals surface area contributed by atoms with E-state index in [0.717, 1.165) is 37.8 Å². The number of hydrogen-bond donors (Lipinski definition) is 2. The van der Waals surface area contributed by atoms with Gasteiger partial charge in [-0.2, -0.15) is 0 Å². The van der Waals surface area contributed by atoms with Crippen LogP contribution in [0.4, 0.5) is 0 Å². The topological polar surface area (TPSA) is 52.8 Å². The molecule has 0 bridgehead atoms. The highest BCUT2D eigenvalue weighted by atomic mass is 16.3. The summed E-state index contributed by atoms with van der Waals surface area (Å²) in [6.07, 6.45) is 5.08. The quantitative estimate of drug-likeness (QED) is 0.601. The summed E-state index contributed by atoms with van der Waals surface area (Å²) in [4.78, 5) is 6.89. The lowest BCUT2D eigenvalue weighted by Gasteiger charge is -2.25. The summed E-state index contributed by atoms with van der Waals surface area (Å²) in [6.45, 7) is 3.93. The van der Waals surface area contributed by atoms with Gasteiger partial charge >= 0.3 is 0 Å². The van der Waals surface area contributed by atoms with E-state index in [2.05, 4.69) is 50.9 Å². The summed E-state index contributed by atoms with van der Waals surface area (Å²) in [5.41, 5.74) is 1.38. The van der Waals surface area contributed by atoms with Gasteiger partial charge in [-0.25, -0.2) is 0 Å². The molecule has 0 aliphatic carbocycles. The average molecular weight is 340 g/mol. The van der Waals surface area contributed by atoms with Crippen LogP contribution in [0.2, 0.25) is 0 Å². The van der Waals surface area contributed by atoms with Gasteiger partial charge in [0.05, 0.1) is 6.26 Å². The second kappa shape index (κ2) is 9.28. The molecule has 1 atom stereocenters. The van der Waals surface area contributed by atoms with Gasteiger partial charge in [-0.15, -0.1) is 0 Å². The lowest BCUT2D eigenvalue weighted by Crippen LogP contribution is -2.45. The molecule has 1 aromatic carbocycles. The molecule has 2 aromatic rings. The van der Waals surface area contributed by atoms with Crippen molar-refractivity contribution in [2.24, 2.45) is 4.99 Å². The number of nitrogens with one attached hydrogen (secondary N) is 2. The van der Waals surface area contributed by atoms with Crippen LogP contribution in [0, 0.1) is 0 Å². The van der Waals surface area contributed by atoms with Gasteiger partial charge in [0.15, 0.2) is 5.96 Å². The van der Waals surface area contributed by atoms with Crippen LogP contribution in [0.1, 0.15) is 24.2 Å². The van der Waals surface area contributed by atoms with Crippen LogP contribution in [0.25, 0.3) is 0 Å². The van der Waals surface area contributed by atoms with E-state index in [1.54, 1.807) is 6.26 Å². The van der Waals surface area contributed by atoms with Crippen molar-refractivity contribution in [2.45, 2.75) is 31.8 Å². The van der Waals surface area contributed by atoms with Gasteiger partial charge in [0, 0.05) is 39.1 Å². The van der Waals surface area contributed by atoms with Gasteiger partial charge in [0.1, 0.15) is 5.76 Å². The molecule has 25 heavy (non-hydrogen) atoms. The largest absolute Gasteiger partial charge is 0.469 e. The van der Waals surface area contributed by atoms with Gasteiger partial charge < -0.3 is 15.1 Å². The van der Waals surface area contributed by atoms with E-state index in [0.29, 0.717) is 6.04 Å². The molecule has 5 nitrogen and oxygen atoms in total. The Morgan fingerprint density at radius 2 is 2.08 bits per heavy atom. The Morgan fingerprint density at radius 1 is 1.20 bits per heavy atom. The minimum Gasteiger partial charge on any atom is -0.469 e. The second-order valence-corrected chi connectivity index (χ2v) is 6.46. The Kier molecular flexibility index (Phi) is 6.51. The fraction of sp³-hybridized carbons (Fsp3) is 0.450. The van der Waals surface area contributed by atoms with E-state index in [1.165, 1.54) is 24.9 Å². The van der Waals surface area contributed by atoms with Gasteiger partial charge in [-0.1, -0.05) is 30.3 Å².